The Morgan fingerprint density at radius 3 is 2.65 bits per heavy atom. The van der Waals surface area contributed by atoms with E-state index in [1.54, 1.807) is 6.26 Å². The third-order valence-corrected chi connectivity index (χ3v) is 2.85. The highest BCUT2D eigenvalue weighted by molar-refractivity contribution is 6.31. The van der Waals surface area contributed by atoms with Crippen LogP contribution >= 0.6 is 11.6 Å². The van der Waals surface area contributed by atoms with Gasteiger partial charge in [0.2, 0.25) is 0 Å². The topological polar surface area (TPSA) is 51.0 Å². The van der Waals surface area contributed by atoms with Crippen LogP contribution in [-0.2, 0) is 0 Å². The lowest BCUT2D eigenvalue weighted by Gasteiger charge is -2.13. The molecule has 0 radical (unpaired) electrons. The van der Waals surface area contributed by atoms with E-state index < -0.39 is 0 Å². The zero-order chi connectivity index (χ0) is 12.4. The van der Waals surface area contributed by atoms with Crippen LogP contribution in [0, 0.1) is 13.8 Å². The maximum absolute atomic E-state index is 6.04. The highest BCUT2D eigenvalue weighted by atomic mass is 35.5. The predicted molar refractivity (Wildman–Crippen MR) is 67.3 cm³/mol. The molecule has 2 rings (SSSR count). The summed E-state index contributed by atoms with van der Waals surface area (Å²) in [6.45, 7) is 5.77. The van der Waals surface area contributed by atoms with Crippen molar-refractivity contribution in [3.05, 3.63) is 40.7 Å². The van der Waals surface area contributed by atoms with E-state index >= 15 is 0 Å². The van der Waals surface area contributed by atoms with E-state index in [0.717, 1.165) is 17.1 Å². The smallest absolute Gasteiger partial charge is 0.171 e. The Morgan fingerprint density at radius 2 is 2.00 bits per heavy atom. The van der Waals surface area contributed by atoms with E-state index in [-0.39, 0.29) is 6.04 Å². The summed E-state index contributed by atoms with van der Waals surface area (Å²) in [5.74, 6) is 1.42. The fourth-order valence-electron chi connectivity index (χ4n) is 1.48. The summed E-state index contributed by atoms with van der Waals surface area (Å²) in [6, 6.07) is 3.75. The number of rotatable bonds is 3. The second-order valence-corrected chi connectivity index (χ2v) is 4.27. The molecule has 1 atom stereocenters. The molecule has 0 aliphatic heterocycles. The molecule has 90 valence electrons. The van der Waals surface area contributed by atoms with Crippen LogP contribution < -0.4 is 5.32 Å². The average molecular weight is 252 g/mol. The first-order chi connectivity index (χ1) is 8.08. The minimum atomic E-state index is -0.00101. The van der Waals surface area contributed by atoms with E-state index in [1.165, 1.54) is 0 Å². The first-order valence-corrected chi connectivity index (χ1v) is 5.76. The van der Waals surface area contributed by atoms with Gasteiger partial charge in [0.05, 0.1) is 23.7 Å². The van der Waals surface area contributed by atoms with Gasteiger partial charge in [0.25, 0.3) is 0 Å². The van der Waals surface area contributed by atoms with Crippen molar-refractivity contribution in [3.63, 3.8) is 0 Å². The summed E-state index contributed by atoms with van der Waals surface area (Å²) >= 11 is 6.04. The molecule has 0 aromatic carbocycles. The average Bonchev–Trinajstić information content (AvgIpc) is 2.79. The number of aryl methyl sites for hydroxylation is 2. The molecule has 0 saturated heterocycles. The lowest BCUT2D eigenvalue weighted by Crippen LogP contribution is -2.09. The van der Waals surface area contributed by atoms with Gasteiger partial charge in [0.15, 0.2) is 11.0 Å². The summed E-state index contributed by atoms with van der Waals surface area (Å²) in [4.78, 5) is 8.59. The van der Waals surface area contributed by atoms with Crippen molar-refractivity contribution in [2.75, 3.05) is 5.32 Å². The van der Waals surface area contributed by atoms with Crippen molar-refractivity contribution in [2.45, 2.75) is 26.8 Å². The Bertz CT molecular complexity index is 511. The number of anilines is 1. The van der Waals surface area contributed by atoms with E-state index in [4.69, 9.17) is 16.0 Å². The lowest BCUT2D eigenvalue weighted by atomic mass is 10.2. The number of furan rings is 1. The van der Waals surface area contributed by atoms with Crippen LogP contribution in [0.5, 0.6) is 0 Å². The van der Waals surface area contributed by atoms with Crippen LogP contribution in [0.25, 0.3) is 0 Å². The summed E-state index contributed by atoms with van der Waals surface area (Å²) in [5.41, 5.74) is 1.70. The zero-order valence-electron chi connectivity index (χ0n) is 9.99. The highest BCUT2D eigenvalue weighted by Crippen LogP contribution is 2.24. The predicted octanol–water partition coefficient (Wildman–Crippen LogP) is 3.51. The van der Waals surface area contributed by atoms with Gasteiger partial charge in [-0.2, -0.15) is 0 Å². The van der Waals surface area contributed by atoms with Crippen molar-refractivity contribution in [2.24, 2.45) is 0 Å². The fourth-order valence-corrected chi connectivity index (χ4v) is 1.71. The summed E-state index contributed by atoms with van der Waals surface area (Å²) in [7, 11) is 0. The molecular weight excluding hydrogens is 238 g/mol. The maximum atomic E-state index is 6.04. The van der Waals surface area contributed by atoms with Gasteiger partial charge in [-0.05, 0) is 32.9 Å². The molecule has 17 heavy (non-hydrogen) atoms. The SMILES string of the molecule is Cc1nc(Cl)c(NC(C)c2ccco2)nc1C. The Kier molecular flexibility index (Phi) is 3.33. The van der Waals surface area contributed by atoms with Crippen molar-refractivity contribution in [3.8, 4) is 0 Å². The van der Waals surface area contributed by atoms with E-state index in [2.05, 4.69) is 15.3 Å². The minimum Gasteiger partial charge on any atom is -0.467 e. The lowest BCUT2D eigenvalue weighted by molar-refractivity contribution is 0.490. The molecule has 0 spiro atoms. The van der Waals surface area contributed by atoms with Gasteiger partial charge in [-0.3, -0.25) is 0 Å². The quantitative estimate of drug-likeness (QED) is 0.907. The van der Waals surface area contributed by atoms with Gasteiger partial charge >= 0.3 is 0 Å². The molecule has 4 nitrogen and oxygen atoms in total. The van der Waals surface area contributed by atoms with Crippen LogP contribution in [0.4, 0.5) is 5.82 Å². The van der Waals surface area contributed by atoms with Crippen LogP contribution in [0.15, 0.2) is 22.8 Å². The van der Waals surface area contributed by atoms with Crippen LogP contribution in [0.2, 0.25) is 5.15 Å². The first kappa shape index (κ1) is 11.9. The Balaban J connectivity index is 2.22. The molecule has 0 bridgehead atoms. The molecule has 2 aromatic heterocycles. The van der Waals surface area contributed by atoms with Crippen molar-refractivity contribution in [1.29, 1.82) is 0 Å². The largest absolute Gasteiger partial charge is 0.467 e. The molecule has 0 saturated carbocycles. The fraction of sp³-hybridized carbons (Fsp3) is 0.333. The summed E-state index contributed by atoms with van der Waals surface area (Å²) < 4.78 is 5.31. The van der Waals surface area contributed by atoms with Gasteiger partial charge in [-0.15, -0.1) is 0 Å². The summed E-state index contributed by atoms with van der Waals surface area (Å²) in [5, 5.41) is 3.56. The third kappa shape index (κ3) is 2.58. The van der Waals surface area contributed by atoms with E-state index in [0.29, 0.717) is 11.0 Å². The standard InChI is InChI=1S/C12H14ClN3O/c1-7-8(2)15-12(11(13)14-7)16-9(3)10-5-4-6-17-10/h4-6,9H,1-3H3,(H,15,16). The van der Waals surface area contributed by atoms with Crippen LogP contribution in [0.1, 0.15) is 30.1 Å². The third-order valence-electron chi connectivity index (χ3n) is 2.59. The van der Waals surface area contributed by atoms with Crippen molar-refractivity contribution in [1.82, 2.24) is 9.97 Å². The molecule has 0 aliphatic carbocycles. The zero-order valence-corrected chi connectivity index (χ0v) is 10.7. The van der Waals surface area contributed by atoms with Gasteiger partial charge in [0.1, 0.15) is 5.76 Å². The van der Waals surface area contributed by atoms with Gasteiger partial charge in [-0.25, -0.2) is 9.97 Å². The van der Waals surface area contributed by atoms with Crippen molar-refractivity contribution >= 4 is 17.4 Å². The minimum absolute atomic E-state index is 0.00101. The number of aromatic nitrogens is 2. The number of hydrogen-bond acceptors (Lipinski definition) is 4. The number of hydrogen-bond donors (Lipinski definition) is 1. The Labute approximate surface area is 105 Å². The molecule has 0 aliphatic rings. The Hall–Kier alpha value is -1.55. The Morgan fingerprint density at radius 1 is 1.29 bits per heavy atom. The van der Waals surface area contributed by atoms with Crippen LogP contribution in [0.3, 0.4) is 0 Å². The van der Waals surface area contributed by atoms with Gasteiger partial charge in [-0.1, -0.05) is 11.6 Å². The monoisotopic (exact) mass is 251 g/mol. The molecule has 2 heterocycles. The number of nitrogens with zero attached hydrogens (tertiary/aromatic N) is 2. The van der Waals surface area contributed by atoms with Gasteiger partial charge < -0.3 is 9.73 Å². The van der Waals surface area contributed by atoms with E-state index in [9.17, 15) is 0 Å². The molecule has 5 heteroatoms. The molecular formula is C12H14ClN3O. The normalized spacial score (nSPS) is 12.5. The molecule has 2 aromatic rings. The first-order valence-electron chi connectivity index (χ1n) is 5.38. The second-order valence-electron chi connectivity index (χ2n) is 3.92. The second kappa shape index (κ2) is 4.75. The molecule has 0 amide bonds. The van der Waals surface area contributed by atoms with Gasteiger partial charge in [0, 0.05) is 0 Å². The summed E-state index contributed by atoms with van der Waals surface area (Å²) in [6.07, 6.45) is 1.64. The number of nitrogens with one attached hydrogen (secondary N) is 1. The maximum Gasteiger partial charge on any atom is 0.171 e. The highest BCUT2D eigenvalue weighted by Gasteiger charge is 2.12. The number of halogens is 1. The van der Waals surface area contributed by atoms with Crippen molar-refractivity contribution < 1.29 is 4.42 Å². The van der Waals surface area contributed by atoms with Crippen LogP contribution in [-0.4, -0.2) is 9.97 Å². The molecule has 0 fully saturated rings. The molecule has 1 N–H and O–H groups in total. The van der Waals surface area contributed by atoms with E-state index in [1.807, 2.05) is 32.9 Å². The molecule has 1 unspecified atom stereocenters.